The third-order valence-corrected chi connectivity index (χ3v) is 4.47. The van der Waals surface area contributed by atoms with Gasteiger partial charge in [-0.05, 0) is 25.0 Å². The van der Waals surface area contributed by atoms with Crippen LogP contribution in [0.25, 0.3) is 5.52 Å². The molecule has 3 rings (SSSR count). The Balaban J connectivity index is 1.89. The van der Waals surface area contributed by atoms with Crippen LogP contribution in [0, 0.1) is 5.41 Å². The van der Waals surface area contributed by atoms with Gasteiger partial charge < -0.3 is 22.5 Å². The smallest absolute Gasteiger partial charge is 0.270 e. The Kier molecular flexibility index (Phi) is 5.46. The van der Waals surface area contributed by atoms with E-state index in [1.165, 1.54) is 0 Å². The van der Waals surface area contributed by atoms with Gasteiger partial charge in [0.25, 0.3) is 5.91 Å². The van der Waals surface area contributed by atoms with Gasteiger partial charge in [-0.1, -0.05) is 18.9 Å². The largest absolute Gasteiger partial charge is 0.368 e. The molecule has 2 aromatic rings. The first-order valence-corrected chi connectivity index (χ1v) is 8.71. The highest BCUT2D eigenvalue weighted by molar-refractivity contribution is 6.67. The molecule has 1 amide bonds. The van der Waals surface area contributed by atoms with E-state index < -0.39 is 11.6 Å². The summed E-state index contributed by atoms with van der Waals surface area (Å²) in [5, 5.41) is 15.0. The molecule has 1 aliphatic rings. The number of aliphatic imine (C=N–C) groups is 2. The van der Waals surface area contributed by atoms with Crippen LogP contribution in [0.4, 0.5) is 5.69 Å². The first-order valence-electron chi connectivity index (χ1n) is 8.71. The van der Waals surface area contributed by atoms with Gasteiger partial charge in [-0.2, -0.15) is 10.1 Å². The molecule has 0 aliphatic heterocycles. The Morgan fingerprint density at radius 3 is 2.81 bits per heavy atom. The van der Waals surface area contributed by atoms with Gasteiger partial charge in [0.2, 0.25) is 5.96 Å². The van der Waals surface area contributed by atoms with Crippen molar-refractivity contribution in [1.82, 2.24) is 9.61 Å². The number of hydrogen-bond acceptors (Lipinski definition) is 5. The summed E-state index contributed by atoms with van der Waals surface area (Å²) >= 11 is 0. The third kappa shape index (κ3) is 4.29. The number of fused-ring (bicyclic) bond motifs is 1. The van der Waals surface area contributed by atoms with E-state index in [0.717, 1.165) is 31.2 Å². The van der Waals surface area contributed by atoms with E-state index in [9.17, 15) is 4.79 Å². The lowest BCUT2D eigenvalue weighted by Gasteiger charge is -2.25. The Morgan fingerprint density at radius 2 is 2.07 bits per heavy atom. The number of aromatic nitrogens is 2. The number of guanidine groups is 1. The molecule has 10 heteroatoms. The molecule has 27 heavy (non-hydrogen) atoms. The zero-order chi connectivity index (χ0) is 19.4. The number of pyridine rings is 1. The van der Waals surface area contributed by atoms with Crippen LogP contribution < -0.4 is 22.5 Å². The molecular weight excluding hydrogens is 346 g/mol. The number of nitrogens with two attached hydrogens (primary N) is 3. The monoisotopic (exact) mass is 369 g/mol. The van der Waals surface area contributed by atoms with Crippen molar-refractivity contribution in [3.05, 3.63) is 30.6 Å². The predicted molar refractivity (Wildman–Crippen MR) is 105 cm³/mol. The molecule has 1 fully saturated rings. The highest BCUT2D eigenvalue weighted by atomic mass is 16.1. The summed E-state index contributed by atoms with van der Waals surface area (Å²) in [5.41, 5.74) is 18.1. The van der Waals surface area contributed by atoms with Gasteiger partial charge in [-0.3, -0.25) is 10.2 Å². The van der Waals surface area contributed by atoms with E-state index in [0.29, 0.717) is 5.69 Å². The average molecular weight is 369 g/mol. The summed E-state index contributed by atoms with van der Waals surface area (Å²) in [7, 11) is 0. The van der Waals surface area contributed by atoms with Crippen molar-refractivity contribution in [3.63, 3.8) is 0 Å². The number of nitrogens with one attached hydrogen (secondary N) is 2. The fraction of sp³-hybridized carbons (Fsp3) is 0.353. The van der Waals surface area contributed by atoms with E-state index in [1.54, 1.807) is 16.9 Å². The summed E-state index contributed by atoms with van der Waals surface area (Å²) in [4.78, 5) is 20.0. The number of primary amides is 1. The van der Waals surface area contributed by atoms with Crippen molar-refractivity contribution in [3.8, 4) is 0 Å². The van der Waals surface area contributed by atoms with Crippen LogP contribution in [0.1, 0.15) is 25.7 Å². The summed E-state index contributed by atoms with van der Waals surface area (Å²) in [5.74, 6) is -1.07. The molecule has 0 aromatic carbocycles. The minimum atomic E-state index is -0.931. The number of carbonyl (C=O) groups excluding carboxylic acids is 1. The summed E-state index contributed by atoms with van der Waals surface area (Å²) in [6.45, 7) is 0. The number of nitrogens with zero attached hydrogens (tertiary/aromatic N) is 4. The van der Waals surface area contributed by atoms with Gasteiger partial charge in [-0.25, -0.2) is 9.51 Å². The molecule has 8 N–H and O–H groups in total. The Bertz CT molecular complexity index is 914. The van der Waals surface area contributed by atoms with Crippen LogP contribution in [0.2, 0.25) is 0 Å². The van der Waals surface area contributed by atoms with Crippen LogP contribution in [0.5, 0.6) is 0 Å². The van der Waals surface area contributed by atoms with Crippen molar-refractivity contribution in [2.45, 2.75) is 37.8 Å². The highest BCUT2D eigenvalue weighted by Gasteiger charge is 2.22. The van der Waals surface area contributed by atoms with Crippen LogP contribution in [-0.4, -0.2) is 45.1 Å². The van der Waals surface area contributed by atoms with Crippen LogP contribution >= 0.6 is 0 Å². The number of hydrogen-bond donors (Lipinski definition) is 5. The highest BCUT2D eigenvalue weighted by Crippen LogP contribution is 2.20. The lowest BCUT2D eigenvalue weighted by atomic mass is 9.91. The molecule has 1 saturated carbocycles. The number of carbonyl (C=O) groups is 1. The van der Waals surface area contributed by atoms with Gasteiger partial charge in [0.15, 0.2) is 11.5 Å². The maximum absolute atomic E-state index is 11.5. The lowest BCUT2D eigenvalue weighted by Crippen LogP contribution is -2.38. The van der Waals surface area contributed by atoms with Gasteiger partial charge in [0, 0.05) is 12.2 Å². The molecule has 0 unspecified atom stereocenters. The Hall–Kier alpha value is -3.27. The topological polar surface area (TPSA) is 173 Å². The zero-order valence-corrected chi connectivity index (χ0v) is 14.8. The molecular formula is C17H23N9O. The molecule has 0 saturated heterocycles. The van der Waals surface area contributed by atoms with E-state index in [2.05, 4.69) is 20.4 Å². The minimum absolute atomic E-state index is 0.0534. The van der Waals surface area contributed by atoms with Crippen molar-refractivity contribution in [2.75, 3.05) is 5.32 Å². The quantitative estimate of drug-likeness (QED) is 0.382. The molecule has 1 aliphatic carbocycles. The van der Waals surface area contributed by atoms with Gasteiger partial charge >= 0.3 is 0 Å². The summed E-state index contributed by atoms with van der Waals surface area (Å²) < 4.78 is 1.65. The summed E-state index contributed by atoms with van der Waals surface area (Å²) in [6, 6.07) is 5.32. The van der Waals surface area contributed by atoms with Gasteiger partial charge in [-0.15, -0.1) is 0 Å². The second-order valence-corrected chi connectivity index (χ2v) is 6.42. The van der Waals surface area contributed by atoms with E-state index >= 15 is 0 Å². The normalized spacial score (nSPS) is 21.2. The zero-order valence-electron chi connectivity index (χ0n) is 14.8. The number of anilines is 1. The van der Waals surface area contributed by atoms with Crippen LogP contribution in [-0.2, 0) is 4.79 Å². The Morgan fingerprint density at radius 1 is 1.30 bits per heavy atom. The number of rotatable bonds is 4. The predicted octanol–water partition coefficient (Wildman–Crippen LogP) is 0.234. The first kappa shape index (κ1) is 18.5. The van der Waals surface area contributed by atoms with E-state index in [4.69, 9.17) is 22.6 Å². The first-order chi connectivity index (χ1) is 13.0. The number of amides is 1. The standard InChI is InChI=1S/C17H23N9O/c18-10-5-1-2-6-11(10)24-17(21)25-16(14(19)15(20)27)23-12-9-22-26-8-4-3-7-13(12)26/h3-4,7-11,19H,1-2,5-6,18H2,(H2,20,27)(H3,21,23,24,25)/t10-,11+/m0/s1. The fourth-order valence-electron chi connectivity index (χ4n) is 3.04. The molecule has 0 bridgehead atoms. The SMILES string of the molecule is N=C(C(N)=O)C(=NC(N)=N[C@@H]1CCCC[C@@H]1N)Nc1cnn2ccccc12. The van der Waals surface area contributed by atoms with E-state index in [1.807, 2.05) is 18.2 Å². The fourth-order valence-corrected chi connectivity index (χ4v) is 3.04. The third-order valence-electron chi connectivity index (χ3n) is 4.47. The lowest BCUT2D eigenvalue weighted by molar-refractivity contribution is -0.111. The molecule has 0 spiro atoms. The molecule has 2 aromatic heterocycles. The van der Waals surface area contributed by atoms with Crippen molar-refractivity contribution >= 4 is 34.6 Å². The second-order valence-electron chi connectivity index (χ2n) is 6.42. The van der Waals surface area contributed by atoms with Crippen molar-refractivity contribution in [2.24, 2.45) is 27.2 Å². The van der Waals surface area contributed by atoms with Crippen LogP contribution in [0.3, 0.4) is 0 Å². The maximum atomic E-state index is 11.5. The van der Waals surface area contributed by atoms with E-state index in [-0.39, 0.29) is 23.9 Å². The molecule has 2 atom stereocenters. The molecule has 0 radical (unpaired) electrons. The van der Waals surface area contributed by atoms with Crippen molar-refractivity contribution in [1.29, 1.82) is 5.41 Å². The Labute approximate surface area is 156 Å². The maximum Gasteiger partial charge on any atom is 0.270 e. The van der Waals surface area contributed by atoms with Crippen molar-refractivity contribution < 1.29 is 4.79 Å². The van der Waals surface area contributed by atoms with Gasteiger partial charge in [0.1, 0.15) is 0 Å². The molecule has 10 nitrogen and oxygen atoms in total. The van der Waals surface area contributed by atoms with Gasteiger partial charge in [0.05, 0.1) is 23.4 Å². The molecule has 2 heterocycles. The summed E-state index contributed by atoms with van der Waals surface area (Å²) in [6.07, 6.45) is 7.16. The minimum Gasteiger partial charge on any atom is -0.368 e. The molecule has 142 valence electrons. The number of amidine groups is 1. The average Bonchev–Trinajstić information content (AvgIpc) is 3.05. The second kappa shape index (κ2) is 7.96. The van der Waals surface area contributed by atoms with Crippen LogP contribution in [0.15, 0.2) is 40.6 Å².